The van der Waals surface area contributed by atoms with Crippen molar-refractivity contribution in [1.82, 2.24) is 25.6 Å². The van der Waals surface area contributed by atoms with Gasteiger partial charge in [-0.3, -0.25) is 9.48 Å². The first kappa shape index (κ1) is 13.6. The first-order valence-corrected chi connectivity index (χ1v) is 5.75. The predicted octanol–water partition coefficient (Wildman–Crippen LogP) is 0.302. The van der Waals surface area contributed by atoms with Crippen molar-refractivity contribution >= 4 is 5.91 Å². The summed E-state index contributed by atoms with van der Waals surface area (Å²) in [5.74, 6) is 0.00914. The van der Waals surface area contributed by atoms with E-state index in [9.17, 15) is 4.79 Å². The molecule has 0 fully saturated rings. The van der Waals surface area contributed by atoms with Crippen molar-refractivity contribution < 1.29 is 4.79 Å². The highest BCUT2D eigenvalue weighted by Crippen LogP contribution is 2.01. The van der Waals surface area contributed by atoms with E-state index in [4.69, 9.17) is 0 Å². The maximum Gasteiger partial charge on any atom is 0.221 e. The predicted molar refractivity (Wildman–Crippen MR) is 65.3 cm³/mol. The number of aryl methyl sites for hydroxylation is 1. The van der Waals surface area contributed by atoms with Gasteiger partial charge in [-0.25, -0.2) is 0 Å². The molecule has 0 saturated carbocycles. The van der Waals surface area contributed by atoms with Gasteiger partial charge in [-0.15, -0.1) is 5.10 Å². The first-order chi connectivity index (χ1) is 7.90. The highest BCUT2D eigenvalue weighted by atomic mass is 16.1. The number of nitrogens with zero attached hydrogens (tertiary/aromatic N) is 3. The van der Waals surface area contributed by atoms with Gasteiger partial charge < -0.3 is 10.6 Å². The van der Waals surface area contributed by atoms with Crippen LogP contribution in [0.15, 0.2) is 6.20 Å². The molecule has 17 heavy (non-hydrogen) atoms. The minimum Gasteiger partial charge on any atom is -0.359 e. The summed E-state index contributed by atoms with van der Waals surface area (Å²) >= 11 is 0. The van der Waals surface area contributed by atoms with E-state index in [0.29, 0.717) is 19.5 Å². The molecule has 1 rings (SSSR count). The van der Waals surface area contributed by atoms with Crippen LogP contribution in [0.4, 0.5) is 0 Å². The lowest BCUT2D eigenvalue weighted by molar-refractivity contribution is -0.120. The normalized spacial score (nSPS) is 11.5. The molecule has 0 saturated heterocycles. The molecule has 0 bridgehead atoms. The molecule has 0 spiro atoms. The molecular formula is C11H21N5O. The Morgan fingerprint density at radius 3 is 2.76 bits per heavy atom. The Bertz CT molecular complexity index is 366. The highest BCUT2D eigenvalue weighted by molar-refractivity contribution is 5.75. The number of rotatable bonds is 5. The number of nitrogens with one attached hydrogen (secondary N) is 2. The van der Waals surface area contributed by atoms with Crippen LogP contribution in [0.3, 0.4) is 0 Å². The summed E-state index contributed by atoms with van der Waals surface area (Å²) in [6.07, 6.45) is 2.29. The van der Waals surface area contributed by atoms with Crippen LogP contribution in [0.5, 0.6) is 0 Å². The van der Waals surface area contributed by atoms with E-state index in [1.165, 1.54) is 0 Å². The summed E-state index contributed by atoms with van der Waals surface area (Å²) in [6, 6.07) is 0. The molecule has 0 aliphatic carbocycles. The number of carbonyl (C=O) groups is 1. The van der Waals surface area contributed by atoms with E-state index in [1.807, 2.05) is 6.20 Å². The Balaban J connectivity index is 2.40. The summed E-state index contributed by atoms with van der Waals surface area (Å²) in [7, 11) is 1.63. The molecule has 1 amide bonds. The van der Waals surface area contributed by atoms with Crippen molar-refractivity contribution in [2.75, 3.05) is 7.05 Å². The second-order valence-electron chi connectivity index (χ2n) is 5.00. The number of hydrogen-bond acceptors (Lipinski definition) is 4. The third-order valence-electron chi connectivity index (χ3n) is 2.23. The van der Waals surface area contributed by atoms with Gasteiger partial charge in [-0.1, -0.05) is 5.21 Å². The molecule has 0 aliphatic heterocycles. The fourth-order valence-corrected chi connectivity index (χ4v) is 1.23. The van der Waals surface area contributed by atoms with Crippen LogP contribution < -0.4 is 10.6 Å². The lowest BCUT2D eigenvalue weighted by Gasteiger charge is -2.19. The topological polar surface area (TPSA) is 71.8 Å². The van der Waals surface area contributed by atoms with Gasteiger partial charge in [0.25, 0.3) is 0 Å². The average molecular weight is 239 g/mol. The van der Waals surface area contributed by atoms with Gasteiger partial charge in [-0.05, 0) is 20.8 Å². The number of amides is 1. The van der Waals surface area contributed by atoms with Gasteiger partial charge in [0.05, 0.1) is 12.2 Å². The summed E-state index contributed by atoms with van der Waals surface area (Å²) < 4.78 is 1.69. The molecule has 0 aliphatic rings. The smallest absolute Gasteiger partial charge is 0.221 e. The molecule has 2 N–H and O–H groups in total. The molecule has 1 aromatic heterocycles. The van der Waals surface area contributed by atoms with Crippen molar-refractivity contribution in [3.63, 3.8) is 0 Å². The second-order valence-corrected chi connectivity index (χ2v) is 5.00. The fraction of sp³-hybridized carbons (Fsp3) is 0.727. The van der Waals surface area contributed by atoms with Crippen molar-refractivity contribution in [3.05, 3.63) is 11.9 Å². The lowest BCUT2D eigenvalue weighted by Crippen LogP contribution is -2.35. The van der Waals surface area contributed by atoms with E-state index in [1.54, 1.807) is 11.7 Å². The summed E-state index contributed by atoms with van der Waals surface area (Å²) in [6.45, 7) is 7.54. The largest absolute Gasteiger partial charge is 0.359 e. The zero-order valence-electron chi connectivity index (χ0n) is 10.9. The van der Waals surface area contributed by atoms with Gasteiger partial charge in [-0.2, -0.15) is 0 Å². The van der Waals surface area contributed by atoms with Crippen molar-refractivity contribution in [2.45, 2.75) is 45.8 Å². The van der Waals surface area contributed by atoms with E-state index in [0.717, 1.165) is 5.69 Å². The third-order valence-corrected chi connectivity index (χ3v) is 2.23. The number of carbonyl (C=O) groups excluding carboxylic acids is 1. The fourth-order valence-electron chi connectivity index (χ4n) is 1.23. The monoisotopic (exact) mass is 239 g/mol. The van der Waals surface area contributed by atoms with Crippen LogP contribution in [0.1, 0.15) is 32.9 Å². The van der Waals surface area contributed by atoms with E-state index in [2.05, 4.69) is 41.7 Å². The van der Waals surface area contributed by atoms with Crippen molar-refractivity contribution in [2.24, 2.45) is 0 Å². The molecule has 96 valence electrons. The maximum atomic E-state index is 11.1. The molecule has 0 unspecified atom stereocenters. The SMILES string of the molecule is CNC(=O)CCn1cc(CNC(C)(C)C)nn1. The minimum absolute atomic E-state index is 0.00914. The van der Waals surface area contributed by atoms with Gasteiger partial charge in [0, 0.05) is 31.7 Å². The van der Waals surface area contributed by atoms with Crippen molar-refractivity contribution in [1.29, 1.82) is 0 Å². The van der Waals surface area contributed by atoms with Crippen LogP contribution in [0.2, 0.25) is 0 Å². The standard InChI is InChI=1S/C11H21N5O/c1-11(2,3)13-7-9-8-16(15-14-9)6-5-10(17)12-4/h8,13H,5-7H2,1-4H3,(H,12,17). The number of hydrogen-bond donors (Lipinski definition) is 2. The molecule has 0 atom stereocenters. The Labute approximate surface area is 102 Å². The molecule has 0 aromatic carbocycles. The van der Waals surface area contributed by atoms with Crippen LogP contribution >= 0.6 is 0 Å². The molecule has 1 heterocycles. The second kappa shape index (κ2) is 5.77. The molecular weight excluding hydrogens is 218 g/mol. The van der Waals surface area contributed by atoms with Crippen LogP contribution in [-0.2, 0) is 17.9 Å². The zero-order valence-corrected chi connectivity index (χ0v) is 10.9. The number of aromatic nitrogens is 3. The Hall–Kier alpha value is -1.43. The quantitative estimate of drug-likeness (QED) is 0.775. The summed E-state index contributed by atoms with van der Waals surface area (Å²) in [4.78, 5) is 11.1. The molecule has 6 heteroatoms. The van der Waals surface area contributed by atoms with E-state index >= 15 is 0 Å². The van der Waals surface area contributed by atoms with Gasteiger partial charge in [0.15, 0.2) is 0 Å². The Kier molecular flexibility index (Phi) is 4.62. The van der Waals surface area contributed by atoms with Crippen molar-refractivity contribution in [3.8, 4) is 0 Å². The van der Waals surface area contributed by atoms with Crippen LogP contribution in [-0.4, -0.2) is 33.5 Å². The zero-order chi connectivity index (χ0) is 12.9. The van der Waals surface area contributed by atoms with Gasteiger partial charge >= 0.3 is 0 Å². The molecule has 1 aromatic rings. The maximum absolute atomic E-state index is 11.1. The van der Waals surface area contributed by atoms with Gasteiger partial charge in [0.2, 0.25) is 5.91 Å². The van der Waals surface area contributed by atoms with E-state index in [-0.39, 0.29) is 11.4 Å². The van der Waals surface area contributed by atoms with Crippen LogP contribution in [0.25, 0.3) is 0 Å². The minimum atomic E-state index is 0.00914. The Morgan fingerprint density at radius 2 is 2.18 bits per heavy atom. The van der Waals surface area contributed by atoms with Crippen LogP contribution in [0, 0.1) is 0 Å². The van der Waals surface area contributed by atoms with Gasteiger partial charge in [0.1, 0.15) is 0 Å². The average Bonchev–Trinajstić information content (AvgIpc) is 2.70. The highest BCUT2D eigenvalue weighted by Gasteiger charge is 2.10. The molecule has 6 nitrogen and oxygen atoms in total. The van der Waals surface area contributed by atoms with E-state index < -0.39 is 0 Å². The lowest BCUT2D eigenvalue weighted by atomic mass is 10.1. The molecule has 0 radical (unpaired) electrons. The first-order valence-electron chi connectivity index (χ1n) is 5.75. The third kappa shape index (κ3) is 5.44. The Morgan fingerprint density at radius 1 is 1.47 bits per heavy atom. The summed E-state index contributed by atoms with van der Waals surface area (Å²) in [5, 5.41) is 13.9. The summed E-state index contributed by atoms with van der Waals surface area (Å²) in [5.41, 5.74) is 0.947.